The van der Waals surface area contributed by atoms with Crippen LogP contribution in [0.1, 0.15) is 89.0 Å². The van der Waals surface area contributed by atoms with Crippen molar-refractivity contribution in [3.8, 4) is 5.75 Å². The third-order valence-corrected chi connectivity index (χ3v) is 9.51. The number of ether oxygens (including phenoxy) is 1. The van der Waals surface area contributed by atoms with Crippen molar-refractivity contribution < 1.29 is 18.4 Å². The summed E-state index contributed by atoms with van der Waals surface area (Å²) in [7, 11) is -2.07. The van der Waals surface area contributed by atoms with Crippen LogP contribution >= 0.6 is 0 Å². The van der Waals surface area contributed by atoms with Crippen LogP contribution in [-0.4, -0.2) is 43.1 Å². The maximum atomic E-state index is 14.0. The van der Waals surface area contributed by atoms with Crippen LogP contribution in [0.5, 0.6) is 5.75 Å². The summed E-state index contributed by atoms with van der Waals surface area (Å²) in [5.41, 5.74) is 1.35. The van der Waals surface area contributed by atoms with Gasteiger partial charge in [0.25, 0.3) is 0 Å². The third kappa shape index (κ3) is 5.74. The number of hydrogen-bond donors (Lipinski definition) is 2. The summed E-state index contributed by atoms with van der Waals surface area (Å²) in [5.74, 6) is 0.513. The first-order valence-corrected chi connectivity index (χ1v) is 14.6. The van der Waals surface area contributed by atoms with Crippen LogP contribution in [0.2, 0.25) is 0 Å². The second kappa shape index (κ2) is 11.9. The van der Waals surface area contributed by atoms with E-state index in [0.717, 1.165) is 36.8 Å². The molecule has 2 atom stereocenters. The Bertz CT molecular complexity index is 1070. The van der Waals surface area contributed by atoms with Crippen LogP contribution in [0.25, 0.3) is 0 Å². The van der Waals surface area contributed by atoms with E-state index in [-0.39, 0.29) is 5.75 Å². The van der Waals surface area contributed by atoms with Crippen molar-refractivity contribution in [2.75, 3.05) is 12.9 Å². The van der Waals surface area contributed by atoms with Crippen molar-refractivity contribution in [2.24, 2.45) is 0 Å². The van der Waals surface area contributed by atoms with Gasteiger partial charge in [-0.1, -0.05) is 70.9 Å². The number of hydroxylamine groups is 2. The van der Waals surface area contributed by atoms with E-state index in [1.807, 2.05) is 43.3 Å². The van der Waals surface area contributed by atoms with E-state index < -0.39 is 21.4 Å². The first kappa shape index (κ1) is 27.7. The van der Waals surface area contributed by atoms with Crippen molar-refractivity contribution in [2.45, 2.75) is 95.3 Å². The zero-order valence-electron chi connectivity index (χ0n) is 21.9. The molecule has 0 saturated carbocycles. The van der Waals surface area contributed by atoms with Crippen LogP contribution in [0, 0.1) is 0 Å². The summed E-state index contributed by atoms with van der Waals surface area (Å²) in [6.07, 6.45) is 4.89. The van der Waals surface area contributed by atoms with Crippen LogP contribution in [0.15, 0.2) is 47.4 Å². The van der Waals surface area contributed by atoms with E-state index in [2.05, 4.69) is 26.1 Å². The molecule has 1 heterocycles. The predicted octanol–water partition coefficient (Wildman–Crippen LogP) is 5.88. The van der Waals surface area contributed by atoms with Crippen LogP contribution in [-0.2, 0) is 16.4 Å². The second-order valence-corrected chi connectivity index (χ2v) is 11.7. The molecule has 2 aromatic rings. The Hall–Kier alpha value is -1.93. The third-order valence-electron chi connectivity index (χ3n) is 7.57. The molecule has 194 valence electrons. The van der Waals surface area contributed by atoms with E-state index in [4.69, 9.17) is 4.74 Å². The molecule has 1 aliphatic heterocycles. The number of benzene rings is 2. The van der Waals surface area contributed by atoms with Crippen molar-refractivity contribution in [3.63, 3.8) is 0 Å². The minimum atomic E-state index is -3.68. The Morgan fingerprint density at radius 2 is 1.83 bits per heavy atom. The Morgan fingerprint density at radius 1 is 1.14 bits per heavy atom. The standard InChI is InChI=1S/C28H42N2O4S/c1-6-10-16-28(9-4)20-35(32,33)26-17-22(19-29-23(7-2)8-3)25(34-5)18-24(26)27(30(28)31)21-14-12-11-13-15-21/h11-15,17-18,23,27,29,31H,6-10,16,19-20H2,1-5H3/t27-,28-/m1/s1. The normalized spacial score (nSPS) is 22.1. The lowest BCUT2D eigenvalue weighted by molar-refractivity contribution is -0.193. The van der Waals surface area contributed by atoms with E-state index in [0.29, 0.717) is 41.6 Å². The second-order valence-electron chi connectivity index (χ2n) is 9.69. The van der Waals surface area contributed by atoms with Crippen LogP contribution in [0.4, 0.5) is 0 Å². The van der Waals surface area contributed by atoms with E-state index in [9.17, 15) is 13.6 Å². The highest BCUT2D eigenvalue weighted by atomic mass is 32.2. The molecule has 0 bridgehead atoms. The molecule has 0 aromatic heterocycles. The molecule has 3 rings (SSSR count). The molecule has 0 amide bonds. The summed E-state index contributed by atoms with van der Waals surface area (Å²) in [6.45, 7) is 8.86. The fourth-order valence-corrected chi connectivity index (χ4v) is 7.45. The number of nitrogens with zero attached hydrogens (tertiary/aromatic N) is 1. The molecular formula is C28H42N2O4S. The molecule has 2 aromatic carbocycles. The quantitative estimate of drug-likeness (QED) is 0.399. The maximum Gasteiger partial charge on any atom is 0.180 e. The molecule has 6 nitrogen and oxygen atoms in total. The summed E-state index contributed by atoms with van der Waals surface area (Å²) < 4.78 is 33.7. The molecule has 0 saturated heterocycles. The molecule has 0 unspecified atom stereocenters. The highest BCUT2D eigenvalue weighted by Crippen LogP contribution is 2.45. The lowest BCUT2D eigenvalue weighted by atomic mass is 9.87. The number of nitrogens with one attached hydrogen (secondary N) is 1. The average molecular weight is 503 g/mol. The maximum absolute atomic E-state index is 14.0. The highest BCUT2D eigenvalue weighted by molar-refractivity contribution is 7.91. The van der Waals surface area contributed by atoms with Crippen molar-refractivity contribution in [3.05, 3.63) is 59.2 Å². The van der Waals surface area contributed by atoms with E-state index in [1.54, 1.807) is 13.2 Å². The largest absolute Gasteiger partial charge is 0.496 e. The first-order chi connectivity index (χ1) is 16.8. The van der Waals surface area contributed by atoms with Crippen molar-refractivity contribution in [1.29, 1.82) is 0 Å². The lowest BCUT2D eigenvalue weighted by Crippen LogP contribution is -2.51. The molecule has 0 radical (unpaired) electrons. The van der Waals surface area contributed by atoms with Gasteiger partial charge in [-0.25, -0.2) is 8.42 Å². The van der Waals surface area contributed by atoms with Gasteiger partial charge in [0.15, 0.2) is 9.84 Å². The van der Waals surface area contributed by atoms with Crippen LogP contribution < -0.4 is 10.1 Å². The monoisotopic (exact) mass is 502 g/mol. The van der Waals surface area contributed by atoms with E-state index >= 15 is 0 Å². The summed E-state index contributed by atoms with van der Waals surface area (Å²) in [6, 6.07) is 13.0. The summed E-state index contributed by atoms with van der Waals surface area (Å²) in [4.78, 5) is 0.291. The number of fused-ring (bicyclic) bond motifs is 1. The topological polar surface area (TPSA) is 78.9 Å². The predicted molar refractivity (Wildman–Crippen MR) is 141 cm³/mol. The van der Waals surface area contributed by atoms with E-state index in [1.165, 1.54) is 5.06 Å². The van der Waals surface area contributed by atoms with Gasteiger partial charge >= 0.3 is 0 Å². The Labute approximate surface area is 211 Å². The lowest BCUT2D eigenvalue weighted by Gasteiger charge is -2.42. The fraction of sp³-hybridized carbons (Fsp3) is 0.571. The number of unbranched alkanes of at least 4 members (excludes halogenated alkanes) is 1. The molecule has 7 heteroatoms. The van der Waals surface area contributed by atoms with Crippen LogP contribution in [0.3, 0.4) is 0 Å². The Morgan fingerprint density at radius 3 is 2.40 bits per heavy atom. The molecule has 2 N–H and O–H groups in total. The van der Waals surface area contributed by atoms with Gasteiger partial charge in [0.1, 0.15) is 5.75 Å². The van der Waals surface area contributed by atoms with Gasteiger partial charge in [0.05, 0.1) is 29.3 Å². The molecule has 35 heavy (non-hydrogen) atoms. The number of hydrogen-bond acceptors (Lipinski definition) is 6. The van der Waals surface area contributed by atoms with Crippen molar-refractivity contribution >= 4 is 9.84 Å². The first-order valence-electron chi connectivity index (χ1n) is 13.0. The van der Waals surface area contributed by atoms with Gasteiger partial charge in [0.2, 0.25) is 0 Å². The Kier molecular flexibility index (Phi) is 9.38. The zero-order chi connectivity index (χ0) is 25.6. The number of rotatable bonds is 11. The van der Waals surface area contributed by atoms with Gasteiger partial charge in [-0.05, 0) is 48.9 Å². The van der Waals surface area contributed by atoms with Gasteiger partial charge in [-0.2, -0.15) is 5.06 Å². The highest BCUT2D eigenvalue weighted by Gasteiger charge is 2.48. The summed E-state index contributed by atoms with van der Waals surface area (Å²) >= 11 is 0. The number of methoxy groups -OCH3 is 1. The number of sulfone groups is 1. The fourth-order valence-electron chi connectivity index (χ4n) is 5.25. The van der Waals surface area contributed by atoms with Gasteiger partial charge in [-0.15, -0.1) is 0 Å². The SMILES string of the molecule is CCCC[C@]1(CC)CS(=O)(=O)c2cc(CNC(CC)CC)c(OC)cc2[C@@H](c2ccccc2)N1O. The van der Waals surface area contributed by atoms with Gasteiger partial charge in [0, 0.05) is 18.2 Å². The summed E-state index contributed by atoms with van der Waals surface area (Å²) in [5, 5.41) is 16.7. The minimum absolute atomic E-state index is 0.116. The molecule has 0 fully saturated rings. The smallest absolute Gasteiger partial charge is 0.180 e. The van der Waals surface area contributed by atoms with Crippen molar-refractivity contribution in [1.82, 2.24) is 10.4 Å². The van der Waals surface area contributed by atoms with Gasteiger partial charge in [-0.3, -0.25) is 0 Å². The Balaban J connectivity index is 2.24. The molecular weight excluding hydrogens is 460 g/mol. The molecule has 1 aliphatic rings. The zero-order valence-corrected chi connectivity index (χ0v) is 22.7. The minimum Gasteiger partial charge on any atom is -0.496 e. The average Bonchev–Trinajstić information content (AvgIpc) is 2.94. The molecule has 0 aliphatic carbocycles. The van der Waals surface area contributed by atoms with Gasteiger partial charge < -0.3 is 15.3 Å². The molecule has 0 spiro atoms.